The molecule has 0 aromatic heterocycles. The SMILES string of the molecule is O=S(=O)(NCC(O)Cc1ccccc1)c1ccc(N2CCCCS2(=O)=O)cc1. The highest BCUT2D eigenvalue weighted by Crippen LogP contribution is 2.24. The molecular formula is C19H24N2O5S2. The van der Waals surface area contributed by atoms with E-state index < -0.39 is 26.2 Å². The molecule has 2 N–H and O–H groups in total. The van der Waals surface area contributed by atoms with E-state index in [2.05, 4.69) is 4.72 Å². The summed E-state index contributed by atoms with van der Waals surface area (Å²) in [5, 5.41) is 10.1. The van der Waals surface area contributed by atoms with E-state index in [1.165, 1.54) is 28.6 Å². The van der Waals surface area contributed by atoms with E-state index in [4.69, 9.17) is 0 Å². The van der Waals surface area contributed by atoms with Crippen molar-refractivity contribution in [3.05, 3.63) is 60.2 Å². The summed E-state index contributed by atoms with van der Waals surface area (Å²) in [6.07, 6.45) is 0.908. The van der Waals surface area contributed by atoms with Crippen LogP contribution in [0.3, 0.4) is 0 Å². The zero-order chi connectivity index (χ0) is 20.2. The van der Waals surface area contributed by atoms with Crippen LogP contribution >= 0.6 is 0 Å². The van der Waals surface area contributed by atoms with Crippen molar-refractivity contribution < 1.29 is 21.9 Å². The number of rotatable bonds is 7. The molecule has 1 atom stereocenters. The summed E-state index contributed by atoms with van der Waals surface area (Å²) < 4.78 is 52.9. The Hall–Kier alpha value is -1.94. The van der Waals surface area contributed by atoms with E-state index in [9.17, 15) is 21.9 Å². The first-order valence-electron chi connectivity index (χ1n) is 9.10. The zero-order valence-corrected chi connectivity index (χ0v) is 17.0. The van der Waals surface area contributed by atoms with Crippen LogP contribution in [0.4, 0.5) is 5.69 Å². The third-order valence-electron chi connectivity index (χ3n) is 4.61. The van der Waals surface area contributed by atoms with Gasteiger partial charge in [0.15, 0.2) is 0 Å². The first-order chi connectivity index (χ1) is 13.3. The molecule has 1 aliphatic rings. The van der Waals surface area contributed by atoms with Gasteiger partial charge < -0.3 is 5.11 Å². The van der Waals surface area contributed by atoms with Gasteiger partial charge in [-0.05, 0) is 49.1 Å². The summed E-state index contributed by atoms with van der Waals surface area (Å²) in [6.45, 7) is 0.290. The smallest absolute Gasteiger partial charge is 0.240 e. The molecule has 0 bridgehead atoms. The van der Waals surface area contributed by atoms with Gasteiger partial charge in [-0.3, -0.25) is 4.31 Å². The minimum Gasteiger partial charge on any atom is -0.391 e. The van der Waals surface area contributed by atoms with E-state index in [-0.39, 0.29) is 17.2 Å². The number of benzene rings is 2. The molecule has 0 aliphatic carbocycles. The Balaban J connectivity index is 1.63. The number of sulfonamides is 2. The standard InChI is InChI=1S/C19H24N2O5S2/c22-18(14-16-6-2-1-3-7-16)15-20-28(25,26)19-10-8-17(9-11-19)21-12-4-5-13-27(21,23)24/h1-3,6-11,18,20,22H,4-5,12-15H2. The first kappa shape index (κ1) is 20.8. The van der Waals surface area contributed by atoms with E-state index in [0.717, 1.165) is 12.0 Å². The van der Waals surface area contributed by atoms with Crippen molar-refractivity contribution in [3.63, 3.8) is 0 Å². The van der Waals surface area contributed by atoms with Gasteiger partial charge in [-0.1, -0.05) is 30.3 Å². The normalized spacial score (nSPS) is 18.0. The molecule has 7 nitrogen and oxygen atoms in total. The van der Waals surface area contributed by atoms with Crippen molar-refractivity contribution in [2.75, 3.05) is 23.1 Å². The highest BCUT2D eigenvalue weighted by molar-refractivity contribution is 7.92. The van der Waals surface area contributed by atoms with E-state index in [1.54, 1.807) is 0 Å². The molecule has 1 heterocycles. The molecule has 1 saturated heterocycles. The number of anilines is 1. The summed E-state index contributed by atoms with van der Waals surface area (Å²) in [4.78, 5) is 0.0255. The Labute approximate surface area is 166 Å². The lowest BCUT2D eigenvalue weighted by atomic mass is 10.1. The Kier molecular flexibility index (Phi) is 6.39. The van der Waals surface area contributed by atoms with Gasteiger partial charge in [0.05, 0.1) is 22.4 Å². The Morgan fingerprint density at radius 1 is 1.04 bits per heavy atom. The Bertz CT molecular complexity index is 990. The van der Waals surface area contributed by atoms with Crippen LogP contribution in [0, 0.1) is 0 Å². The molecule has 9 heteroatoms. The van der Waals surface area contributed by atoms with Gasteiger partial charge in [0.2, 0.25) is 20.0 Å². The second-order valence-corrected chi connectivity index (χ2v) is 10.6. The van der Waals surface area contributed by atoms with Crippen LogP contribution in [0.15, 0.2) is 59.5 Å². The zero-order valence-electron chi connectivity index (χ0n) is 15.4. The summed E-state index contributed by atoms with van der Waals surface area (Å²) in [6, 6.07) is 15.1. The molecule has 0 spiro atoms. The number of aliphatic hydroxyl groups is 1. The van der Waals surface area contributed by atoms with Gasteiger partial charge in [-0.25, -0.2) is 21.6 Å². The van der Waals surface area contributed by atoms with Crippen LogP contribution < -0.4 is 9.03 Å². The van der Waals surface area contributed by atoms with Crippen LogP contribution in [0.2, 0.25) is 0 Å². The topological polar surface area (TPSA) is 104 Å². The van der Waals surface area contributed by atoms with E-state index >= 15 is 0 Å². The average Bonchev–Trinajstić information content (AvgIpc) is 2.67. The maximum Gasteiger partial charge on any atom is 0.240 e. The molecule has 152 valence electrons. The van der Waals surface area contributed by atoms with Crippen molar-refractivity contribution in [1.29, 1.82) is 0 Å². The van der Waals surface area contributed by atoms with Crippen molar-refractivity contribution >= 4 is 25.7 Å². The second kappa shape index (κ2) is 8.60. The monoisotopic (exact) mass is 424 g/mol. The molecule has 3 rings (SSSR count). The lowest BCUT2D eigenvalue weighted by Gasteiger charge is -2.28. The number of aliphatic hydroxyl groups excluding tert-OH is 1. The molecule has 1 unspecified atom stereocenters. The predicted molar refractivity (Wildman–Crippen MR) is 108 cm³/mol. The maximum absolute atomic E-state index is 12.4. The highest BCUT2D eigenvalue weighted by atomic mass is 32.2. The number of hydrogen-bond donors (Lipinski definition) is 2. The lowest BCUT2D eigenvalue weighted by molar-refractivity contribution is 0.179. The molecule has 1 aliphatic heterocycles. The van der Waals surface area contributed by atoms with Crippen molar-refractivity contribution in [1.82, 2.24) is 4.72 Å². The fourth-order valence-electron chi connectivity index (χ4n) is 3.12. The molecular weight excluding hydrogens is 400 g/mol. The van der Waals surface area contributed by atoms with Gasteiger partial charge in [0.25, 0.3) is 0 Å². The number of nitrogens with zero attached hydrogens (tertiary/aromatic N) is 1. The fourth-order valence-corrected chi connectivity index (χ4v) is 5.83. The summed E-state index contributed by atoms with van der Waals surface area (Å²) in [5.41, 5.74) is 1.38. The van der Waals surface area contributed by atoms with Gasteiger partial charge in [0, 0.05) is 13.1 Å². The minimum absolute atomic E-state index is 0.0255. The van der Waals surface area contributed by atoms with Crippen LogP contribution in [0.1, 0.15) is 18.4 Å². The lowest BCUT2D eigenvalue weighted by Crippen LogP contribution is -2.37. The average molecular weight is 425 g/mol. The van der Waals surface area contributed by atoms with Gasteiger partial charge >= 0.3 is 0 Å². The molecule has 28 heavy (non-hydrogen) atoms. The van der Waals surface area contributed by atoms with Crippen LogP contribution in [-0.4, -0.2) is 46.9 Å². The third kappa shape index (κ3) is 5.11. The summed E-state index contributed by atoms with van der Waals surface area (Å²) in [7, 11) is -7.14. The van der Waals surface area contributed by atoms with Crippen LogP contribution in [0.5, 0.6) is 0 Å². The largest absolute Gasteiger partial charge is 0.391 e. The molecule has 0 radical (unpaired) electrons. The fraction of sp³-hybridized carbons (Fsp3) is 0.368. The van der Waals surface area contributed by atoms with Crippen LogP contribution in [-0.2, 0) is 26.5 Å². The minimum atomic E-state index is -3.80. The van der Waals surface area contributed by atoms with E-state index in [0.29, 0.717) is 25.1 Å². The van der Waals surface area contributed by atoms with Gasteiger partial charge in [-0.2, -0.15) is 0 Å². The predicted octanol–water partition coefficient (Wildman–Crippen LogP) is 1.50. The maximum atomic E-state index is 12.4. The quantitative estimate of drug-likeness (QED) is 0.701. The summed E-state index contributed by atoms with van der Waals surface area (Å²) in [5.74, 6) is 0.105. The first-order valence-corrected chi connectivity index (χ1v) is 12.2. The molecule has 2 aromatic rings. The summed E-state index contributed by atoms with van der Waals surface area (Å²) >= 11 is 0. The highest BCUT2D eigenvalue weighted by Gasteiger charge is 2.26. The van der Waals surface area contributed by atoms with Gasteiger partial charge in [-0.15, -0.1) is 0 Å². The third-order valence-corrected chi connectivity index (χ3v) is 7.92. The molecule has 0 amide bonds. The Morgan fingerprint density at radius 2 is 1.71 bits per heavy atom. The van der Waals surface area contributed by atoms with Crippen LogP contribution in [0.25, 0.3) is 0 Å². The Morgan fingerprint density at radius 3 is 2.36 bits per heavy atom. The van der Waals surface area contributed by atoms with Crippen molar-refractivity contribution in [2.24, 2.45) is 0 Å². The number of hydrogen-bond acceptors (Lipinski definition) is 5. The molecule has 0 saturated carbocycles. The number of nitrogens with one attached hydrogen (secondary N) is 1. The van der Waals surface area contributed by atoms with Crippen molar-refractivity contribution in [2.45, 2.75) is 30.3 Å². The van der Waals surface area contributed by atoms with E-state index in [1.807, 2.05) is 30.3 Å². The second-order valence-electron chi connectivity index (χ2n) is 6.78. The van der Waals surface area contributed by atoms with Crippen molar-refractivity contribution in [3.8, 4) is 0 Å². The molecule has 1 fully saturated rings. The molecule has 2 aromatic carbocycles. The van der Waals surface area contributed by atoms with Gasteiger partial charge in [0.1, 0.15) is 0 Å².